The van der Waals surface area contributed by atoms with Gasteiger partial charge in [-0.1, -0.05) is 0 Å². The summed E-state index contributed by atoms with van der Waals surface area (Å²) < 4.78 is 0. The molecule has 0 atom stereocenters. The number of carbonyl (C=O) groups excluding carboxylic acids is 2. The Morgan fingerprint density at radius 3 is 2.80 bits per heavy atom. The van der Waals surface area contributed by atoms with Gasteiger partial charge in [0.1, 0.15) is 6.29 Å². The predicted octanol–water partition coefficient (Wildman–Crippen LogP) is -1.09. The maximum atomic E-state index is 10.6. The standard InChI is InChI=1S/C6H12N2O2/c1-2-8-6(10)5-7-3-4-9/h4,7H,2-3,5H2,1H3,(H,8,10). The molecule has 2 N–H and O–H groups in total. The van der Waals surface area contributed by atoms with Gasteiger partial charge in [-0.05, 0) is 6.92 Å². The monoisotopic (exact) mass is 144 g/mol. The second-order valence-corrected chi connectivity index (χ2v) is 1.75. The number of rotatable bonds is 5. The average molecular weight is 144 g/mol. The van der Waals surface area contributed by atoms with Gasteiger partial charge >= 0.3 is 0 Å². The van der Waals surface area contributed by atoms with Gasteiger partial charge in [-0.2, -0.15) is 0 Å². The summed E-state index contributed by atoms with van der Waals surface area (Å²) in [7, 11) is 0. The average Bonchev–Trinajstić information content (AvgIpc) is 1.89. The van der Waals surface area contributed by atoms with Gasteiger partial charge < -0.3 is 15.4 Å². The zero-order chi connectivity index (χ0) is 7.82. The van der Waals surface area contributed by atoms with E-state index in [9.17, 15) is 9.59 Å². The van der Waals surface area contributed by atoms with Crippen molar-refractivity contribution in [2.24, 2.45) is 0 Å². The van der Waals surface area contributed by atoms with Crippen molar-refractivity contribution in [2.45, 2.75) is 6.92 Å². The SMILES string of the molecule is CCNC(=O)CNCC=O. The van der Waals surface area contributed by atoms with Crippen LogP contribution in [0.4, 0.5) is 0 Å². The van der Waals surface area contributed by atoms with Gasteiger partial charge in [0.2, 0.25) is 5.91 Å². The molecular weight excluding hydrogens is 132 g/mol. The minimum Gasteiger partial charge on any atom is -0.355 e. The van der Waals surface area contributed by atoms with Crippen LogP contribution in [0.5, 0.6) is 0 Å². The molecule has 1 amide bonds. The minimum atomic E-state index is -0.0793. The van der Waals surface area contributed by atoms with Crippen molar-refractivity contribution in [3.8, 4) is 0 Å². The number of carbonyl (C=O) groups is 2. The van der Waals surface area contributed by atoms with E-state index in [1.54, 1.807) is 0 Å². The predicted molar refractivity (Wildman–Crippen MR) is 37.6 cm³/mol. The zero-order valence-electron chi connectivity index (χ0n) is 6.02. The first-order valence-electron chi connectivity index (χ1n) is 3.22. The summed E-state index contributed by atoms with van der Waals surface area (Å²) in [4.78, 5) is 20.4. The molecular formula is C6H12N2O2. The molecule has 0 aromatic carbocycles. The highest BCUT2D eigenvalue weighted by atomic mass is 16.2. The lowest BCUT2D eigenvalue weighted by Crippen LogP contribution is -2.34. The van der Waals surface area contributed by atoms with Gasteiger partial charge in [-0.3, -0.25) is 4.79 Å². The van der Waals surface area contributed by atoms with Crippen molar-refractivity contribution in [2.75, 3.05) is 19.6 Å². The van der Waals surface area contributed by atoms with Crippen LogP contribution in [-0.2, 0) is 9.59 Å². The summed E-state index contributed by atoms with van der Waals surface area (Å²) in [6, 6.07) is 0. The molecule has 58 valence electrons. The fourth-order valence-corrected chi connectivity index (χ4v) is 0.504. The third-order valence-electron chi connectivity index (χ3n) is 0.887. The molecule has 4 heteroatoms. The Morgan fingerprint density at radius 1 is 1.60 bits per heavy atom. The van der Waals surface area contributed by atoms with E-state index in [0.29, 0.717) is 6.54 Å². The Hall–Kier alpha value is -0.900. The maximum Gasteiger partial charge on any atom is 0.233 e. The molecule has 4 nitrogen and oxygen atoms in total. The second-order valence-electron chi connectivity index (χ2n) is 1.75. The third-order valence-corrected chi connectivity index (χ3v) is 0.887. The van der Waals surface area contributed by atoms with Crippen LogP contribution in [0, 0.1) is 0 Å². The van der Waals surface area contributed by atoms with Crippen molar-refractivity contribution in [1.82, 2.24) is 10.6 Å². The van der Waals surface area contributed by atoms with Gasteiger partial charge in [0, 0.05) is 6.54 Å². The molecule has 0 aromatic rings. The van der Waals surface area contributed by atoms with E-state index in [4.69, 9.17) is 0 Å². The van der Waals surface area contributed by atoms with Crippen molar-refractivity contribution in [1.29, 1.82) is 0 Å². The number of amides is 1. The maximum absolute atomic E-state index is 10.6. The van der Waals surface area contributed by atoms with E-state index in [1.165, 1.54) is 0 Å². The Balaban J connectivity index is 3.13. The molecule has 0 radical (unpaired) electrons. The van der Waals surface area contributed by atoms with Gasteiger partial charge in [-0.25, -0.2) is 0 Å². The summed E-state index contributed by atoms with van der Waals surface area (Å²) in [6.45, 7) is 2.92. The van der Waals surface area contributed by atoms with Crippen molar-refractivity contribution in [3.05, 3.63) is 0 Å². The first kappa shape index (κ1) is 9.10. The van der Waals surface area contributed by atoms with Crippen LogP contribution < -0.4 is 10.6 Å². The highest BCUT2D eigenvalue weighted by Gasteiger charge is 1.94. The Bertz CT molecular complexity index is 114. The van der Waals surface area contributed by atoms with E-state index in [2.05, 4.69) is 10.6 Å². The number of aldehydes is 1. The lowest BCUT2D eigenvalue weighted by Gasteiger charge is -1.99. The van der Waals surface area contributed by atoms with Gasteiger partial charge in [0.25, 0.3) is 0 Å². The number of hydrogen-bond acceptors (Lipinski definition) is 3. The first-order valence-corrected chi connectivity index (χ1v) is 3.22. The van der Waals surface area contributed by atoms with Crippen LogP contribution >= 0.6 is 0 Å². The Kier molecular flexibility index (Phi) is 5.66. The molecule has 0 heterocycles. The van der Waals surface area contributed by atoms with E-state index < -0.39 is 0 Å². The fraction of sp³-hybridized carbons (Fsp3) is 0.667. The van der Waals surface area contributed by atoms with E-state index in [-0.39, 0.29) is 19.0 Å². The summed E-state index contributed by atoms with van der Waals surface area (Å²) in [5.41, 5.74) is 0. The van der Waals surface area contributed by atoms with Crippen LogP contribution in [0.3, 0.4) is 0 Å². The molecule has 10 heavy (non-hydrogen) atoms. The van der Waals surface area contributed by atoms with Crippen LogP contribution in [0.15, 0.2) is 0 Å². The molecule has 0 aliphatic carbocycles. The first-order chi connectivity index (χ1) is 4.81. The number of hydrogen-bond donors (Lipinski definition) is 2. The molecule has 0 bridgehead atoms. The van der Waals surface area contributed by atoms with Crippen LogP contribution in [0.2, 0.25) is 0 Å². The topological polar surface area (TPSA) is 58.2 Å². The highest BCUT2D eigenvalue weighted by Crippen LogP contribution is 1.61. The van der Waals surface area contributed by atoms with Gasteiger partial charge in [0.05, 0.1) is 13.1 Å². The van der Waals surface area contributed by atoms with E-state index >= 15 is 0 Å². The van der Waals surface area contributed by atoms with Crippen molar-refractivity contribution in [3.63, 3.8) is 0 Å². The van der Waals surface area contributed by atoms with Crippen molar-refractivity contribution < 1.29 is 9.59 Å². The molecule has 0 unspecified atom stereocenters. The molecule has 0 aliphatic heterocycles. The number of nitrogens with one attached hydrogen (secondary N) is 2. The van der Waals surface area contributed by atoms with Crippen LogP contribution in [0.1, 0.15) is 6.92 Å². The molecule has 0 fully saturated rings. The molecule has 0 aromatic heterocycles. The summed E-state index contributed by atoms with van der Waals surface area (Å²) in [5, 5.41) is 5.23. The largest absolute Gasteiger partial charge is 0.355 e. The third kappa shape index (κ3) is 5.24. The van der Waals surface area contributed by atoms with E-state index in [0.717, 1.165) is 6.29 Å². The smallest absolute Gasteiger partial charge is 0.233 e. The minimum absolute atomic E-state index is 0.0793. The van der Waals surface area contributed by atoms with Crippen LogP contribution in [-0.4, -0.2) is 31.8 Å². The lowest BCUT2D eigenvalue weighted by molar-refractivity contribution is -0.120. The molecule has 0 aliphatic rings. The zero-order valence-corrected chi connectivity index (χ0v) is 6.02. The Morgan fingerprint density at radius 2 is 2.30 bits per heavy atom. The fourth-order valence-electron chi connectivity index (χ4n) is 0.504. The van der Waals surface area contributed by atoms with Gasteiger partial charge in [-0.15, -0.1) is 0 Å². The lowest BCUT2D eigenvalue weighted by atomic mass is 10.5. The summed E-state index contributed by atoms with van der Waals surface area (Å²) >= 11 is 0. The highest BCUT2D eigenvalue weighted by molar-refractivity contribution is 5.78. The quantitative estimate of drug-likeness (QED) is 0.381. The molecule has 0 spiro atoms. The number of likely N-dealkylation sites (N-methyl/N-ethyl adjacent to an activating group) is 1. The second kappa shape index (κ2) is 6.22. The molecule has 0 rings (SSSR count). The van der Waals surface area contributed by atoms with E-state index in [1.807, 2.05) is 6.92 Å². The van der Waals surface area contributed by atoms with Crippen molar-refractivity contribution >= 4 is 12.2 Å². The molecule has 0 saturated carbocycles. The summed E-state index contributed by atoms with van der Waals surface area (Å²) in [5.74, 6) is -0.0793. The normalized spacial score (nSPS) is 8.90. The molecule has 0 saturated heterocycles. The van der Waals surface area contributed by atoms with Crippen LogP contribution in [0.25, 0.3) is 0 Å². The van der Waals surface area contributed by atoms with Gasteiger partial charge in [0.15, 0.2) is 0 Å². The Labute approximate surface area is 60.0 Å². The summed E-state index contributed by atoms with van der Waals surface area (Å²) in [6.07, 6.45) is 0.721.